The van der Waals surface area contributed by atoms with Gasteiger partial charge in [0.1, 0.15) is 5.70 Å². The maximum absolute atomic E-state index is 12.0. The number of para-hydroxylation sites is 1. The van der Waals surface area contributed by atoms with Gasteiger partial charge >= 0.3 is 5.97 Å². The van der Waals surface area contributed by atoms with Crippen molar-refractivity contribution in [2.24, 2.45) is 4.99 Å². The zero-order chi connectivity index (χ0) is 17.1. The molecule has 0 saturated carbocycles. The van der Waals surface area contributed by atoms with E-state index in [1.54, 1.807) is 48.5 Å². The van der Waals surface area contributed by atoms with Crippen molar-refractivity contribution in [3.8, 4) is 0 Å². The Balaban J connectivity index is 1.87. The molecule has 2 aromatic rings. The molecule has 0 aromatic heterocycles. The Labute approximate surface area is 142 Å². The van der Waals surface area contributed by atoms with E-state index in [0.717, 1.165) is 5.56 Å². The Kier molecular flexibility index (Phi) is 4.31. The molecule has 2 aromatic carbocycles. The van der Waals surface area contributed by atoms with Gasteiger partial charge in [-0.15, -0.1) is 0 Å². The molecule has 6 nitrogen and oxygen atoms in total. The molecule has 0 spiro atoms. The number of aliphatic imine (C=N–C) groups is 1. The van der Waals surface area contributed by atoms with Crippen LogP contribution in [0.2, 0.25) is 5.02 Å². The number of hydrogen-bond acceptors (Lipinski definition) is 3. The molecule has 0 aliphatic carbocycles. The van der Waals surface area contributed by atoms with E-state index in [-0.39, 0.29) is 23.1 Å². The van der Waals surface area contributed by atoms with E-state index in [4.69, 9.17) is 16.7 Å². The summed E-state index contributed by atoms with van der Waals surface area (Å²) in [6.45, 7) is 0. The molecule has 1 fully saturated rings. The summed E-state index contributed by atoms with van der Waals surface area (Å²) in [6, 6.07) is 13.3. The van der Waals surface area contributed by atoms with Crippen molar-refractivity contribution in [1.82, 2.24) is 10.6 Å². The van der Waals surface area contributed by atoms with E-state index in [0.29, 0.717) is 10.7 Å². The maximum Gasteiger partial charge on any atom is 0.337 e. The van der Waals surface area contributed by atoms with Crippen LogP contribution >= 0.6 is 11.6 Å². The molecule has 0 bridgehead atoms. The number of carbonyl (C=O) groups is 2. The highest BCUT2D eigenvalue weighted by molar-refractivity contribution is 6.30. The molecule has 7 heteroatoms. The molecule has 1 aliphatic rings. The van der Waals surface area contributed by atoms with Crippen LogP contribution in [0, 0.1) is 0 Å². The number of carboxylic acids is 1. The predicted molar refractivity (Wildman–Crippen MR) is 91.2 cm³/mol. The number of carboxylic acid groups (broad SMARTS) is 1. The third kappa shape index (κ3) is 3.44. The van der Waals surface area contributed by atoms with E-state index in [2.05, 4.69) is 15.6 Å². The molecule has 1 heterocycles. The monoisotopic (exact) mass is 341 g/mol. The van der Waals surface area contributed by atoms with Crippen molar-refractivity contribution in [3.05, 3.63) is 70.4 Å². The molecule has 3 rings (SSSR count). The minimum Gasteiger partial charge on any atom is -0.478 e. The number of halogens is 1. The summed E-state index contributed by atoms with van der Waals surface area (Å²) in [5, 5.41) is 15.2. The molecule has 1 amide bonds. The van der Waals surface area contributed by atoms with Crippen molar-refractivity contribution in [2.75, 3.05) is 0 Å². The van der Waals surface area contributed by atoms with Crippen LogP contribution < -0.4 is 10.6 Å². The topological polar surface area (TPSA) is 90.8 Å². The molecule has 24 heavy (non-hydrogen) atoms. The van der Waals surface area contributed by atoms with Gasteiger partial charge in [-0.3, -0.25) is 10.1 Å². The first kappa shape index (κ1) is 15.8. The van der Waals surface area contributed by atoms with Crippen LogP contribution in [0.5, 0.6) is 0 Å². The number of rotatable bonds is 3. The minimum absolute atomic E-state index is 0.0520. The van der Waals surface area contributed by atoms with Crippen LogP contribution in [-0.4, -0.2) is 22.9 Å². The highest BCUT2D eigenvalue weighted by Gasteiger charge is 2.22. The van der Waals surface area contributed by atoms with Gasteiger partial charge in [0.25, 0.3) is 5.91 Å². The number of nitrogens with zero attached hydrogens (tertiary/aromatic N) is 1. The molecule has 1 aliphatic heterocycles. The zero-order valence-electron chi connectivity index (χ0n) is 12.3. The summed E-state index contributed by atoms with van der Waals surface area (Å²) in [5.41, 5.74) is 1.41. The van der Waals surface area contributed by atoms with Gasteiger partial charge in [-0.1, -0.05) is 35.9 Å². The average Bonchev–Trinajstić information content (AvgIpc) is 2.89. The second kappa shape index (κ2) is 6.55. The Morgan fingerprint density at radius 2 is 1.79 bits per heavy atom. The largest absolute Gasteiger partial charge is 0.478 e. The van der Waals surface area contributed by atoms with E-state index in [9.17, 15) is 9.59 Å². The summed E-state index contributed by atoms with van der Waals surface area (Å²) >= 11 is 5.83. The van der Waals surface area contributed by atoms with Gasteiger partial charge in [0.15, 0.2) is 0 Å². The number of nitrogens with one attached hydrogen (secondary N) is 2. The SMILES string of the molecule is O=C1NC(=Nc2ccccc2C(=O)O)N/C1=C\c1ccc(Cl)cc1. The predicted octanol–water partition coefficient (Wildman–Crippen LogP) is 2.79. The van der Waals surface area contributed by atoms with Gasteiger partial charge in [0.05, 0.1) is 11.3 Å². The third-order valence-corrected chi connectivity index (χ3v) is 3.53. The second-order valence-electron chi connectivity index (χ2n) is 4.97. The zero-order valence-corrected chi connectivity index (χ0v) is 13.0. The molecule has 3 N–H and O–H groups in total. The van der Waals surface area contributed by atoms with Crippen LogP contribution in [0.15, 0.2) is 59.2 Å². The number of benzene rings is 2. The maximum atomic E-state index is 12.0. The van der Waals surface area contributed by atoms with Gasteiger partial charge in [0.2, 0.25) is 5.96 Å². The summed E-state index contributed by atoms with van der Waals surface area (Å²) in [7, 11) is 0. The first-order valence-electron chi connectivity index (χ1n) is 6.99. The Bertz CT molecular complexity index is 873. The highest BCUT2D eigenvalue weighted by atomic mass is 35.5. The van der Waals surface area contributed by atoms with Crippen molar-refractivity contribution in [2.45, 2.75) is 0 Å². The molecule has 120 valence electrons. The fourth-order valence-electron chi connectivity index (χ4n) is 2.15. The lowest BCUT2D eigenvalue weighted by Crippen LogP contribution is -2.24. The van der Waals surface area contributed by atoms with Crippen molar-refractivity contribution >= 4 is 41.2 Å². The van der Waals surface area contributed by atoms with E-state index < -0.39 is 5.97 Å². The first-order valence-corrected chi connectivity index (χ1v) is 7.37. The highest BCUT2D eigenvalue weighted by Crippen LogP contribution is 2.19. The lowest BCUT2D eigenvalue weighted by molar-refractivity contribution is -0.115. The number of guanidine groups is 1. The van der Waals surface area contributed by atoms with Crippen LogP contribution in [0.25, 0.3) is 6.08 Å². The quantitative estimate of drug-likeness (QED) is 0.749. The number of hydrogen-bond donors (Lipinski definition) is 3. The van der Waals surface area contributed by atoms with Crippen molar-refractivity contribution in [3.63, 3.8) is 0 Å². The van der Waals surface area contributed by atoms with Crippen LogP contribution in [0.4, 0.5) is 5.69 Å². The van der Waals surface area contributed by atoms with Gasteiger partial charge in [-0.2, -0.15) is 0 Å². The van der Waals surface area contributed by atoms with E-state index >= 15 is 0 Å². The molecular weight excluding hydrogens is 330 g/mol. The van der Waals surface area contributed by atoms with Crippen molar-refractivity contribution in [1.29, 1.82) is 0 Å². The summed E-state index contributed by atoms with van der Waals surface area (Å²) in [4.78, 5) is 27.4. The van der Waals surface area contributed by atoms with E-state index in [1.807, 2.05) is 0 Å². The van der Waals surface area contributed by atoms with Crippen LogP contribution in [-0.2, 0) is 4.79 Å². The Morgan fingerprint density at radius 1 is 1.08 bits per heavy atom. The Hall–Kier alpha value is -3.12. The number of amides is 1. The lowest BCUT2D eigenvalue weighted by Gasteiger charge is -2.02. The van der Waals surface area contributed by atoms with Crippen molar-refractivity contribution < 1.29 is 14.7 Å². The fourth-order valence-corrected chi connectivity index (χ4v) is 2.27. The second-order valence-corrected chi connectivity index (χ2v) is 5.41. The average molecular weight is 342 g/mol. The molecule has 1 saturated heterocycles. The molecular formula is C17H12ClN3O3. The molecule has 0 unspecified atom stereocenters. The van der Waals surface area contributed by atoms with Gasteiger partial charge < -0.3 is 10.4 Å². The fraction of sp³-hybridized carbons (Fsp3) is 0. The lowest BCUT2D eigenvalue weighted by atomic mass is 10.2. The van der Waals surface area contributed by atoms with Gasteiger partial charge in [-0.25, -0.2) is 9.79 Å². The normalized spacial score (nSPS) is 17.0. The smallest absolute Gasteiger partial charge is 0.337 e. The molecule has 0 atom stereocenters. The van der Waals surface area contributed by atoms with E-state index in [1.165, 1.54) is 6.07 Å². The van der Waals surface area contributed by atoms with Gasteiger partial charge in [0, 0.05) is 5.02 Å². The summed E-state index contributed by atoms with van der Waals surface area (Å²) in [6.07, 6.45) is 1.65. The summed E-state index contributed by atoms with van der Waals surface area (Å²) in [5.74, 6) is -1.26. The number of aromatic carboxylic acids is 1. The standard InChI is InChI=1S/C17H12ClN3O3/c18-11-7-5-10(6-8-11)9-14-15(22)21-17(20-14)19-13-4-2-1-3-12(13)16(23)24/h1-9H,(H,23,24)(H2,19,20,21,22)/b14-9-. The minimum atomic E-state index is -1.09. The van der Waals surface area contributed by atoms with Crippen LogP contribution in [0.3, 0.4) is 0 Å². The summed E-state index contributed by atoms with van der Waals surface area (Å²) < 4.78 is 0. The third-order valence-electron chi connectivity index (χ3n) is 3.28. The van der Waals surface area contributed by atoms with Gasteiger partial charge in [-0.05, 0) is 35.9 Å². The first-order chi connectivity index (χ1) is 11.5. The Morgan fingerprint density at radius 3 is 2.50 bits per heavy atom. The number of carbonyl (C=O) groups excluding carboxylic acids is 1. The molecule has 0 radical (unpaired) electrons. The van der Waals surface area contributed by atoms with Crippen LogP contribution in [0.1, 0.15) is 15.9 Å².